The number of rotatable bonds is 11. The van der Waals surface area contributed by atoms with Gasteiger partial charge in [-0.2, -0.15) is 0 Å². The molecule has 0 aliphatic carbocycles. The summed E-state index contributed by atoms with van der Waals surface area (Å²) in [5, 5.41) is 34.8. The zero-order valence-corrected chi connectivity index (χ0v) is 9.42. The predicted molar refractivity (Wildman–Crippen MR) is 57.1 cm³/mol. The number of ether oxygens (including phenoxy) is 2. The summed E-state index contributed by atoms with van der Waals surface area (Å²) in [6.07, 6.45) is -0.0484. The van der Waals surface area contributed by atoms with Crippen LogP contribution in [-0.4, -0.2) is 72.3 Å². The summed E-state index contributed by atoms with van der Waals surface area (Å²) in [5.74, 6) is 0. The molecule has 2 unspecified atom stereocenters. The molecule has 0 spiro atoms. The van der Waals surface area contributed by atoms with E-state index in [1.165, 1.54) is 0 Å². The Labute approximate surface area is 95.4 Å². The molecule has 0 aromatic heterocycles. The fourth-order valence-electron chi connectivity index (χ4n) is 0.952. The molecular formula is C10H22O6. The van der Waals surface area contributed by atoms with Crippen molar-refractivity contribution in [3.8, 4) is 0 Å². The lowest BCUT2D eigenvalue weighted by atomic mass is 10.3. The van der Waals surface area contributed by atoms with Crippen LogP contribution in [-0.2, 0) is 9.47 Å². The van der Waals surface area contributed by atoms with Crippen LogP contribution in [0.1, 0.15) is 12.8 Å². The molecule has 0 aromatic rings. The Morgan fingerprint density at radius 2 is 1.12 bits per heavy atom. The summed E-state index contributed by atoms with van der Waals surface area (Å²) in [6.45, 7) is 0.706. The molecule has 6 heteroatoms. The molecule has 0 fully saturated rings. The van der Waals surface area contributed by atoms with Crippen LogP contribution in [0, 0.1) is 0 Å². The highest BCUT2D eigenvalue weighted by atomic mass is 16.5. The molecule has 0 aliphatic rings. The van der Waals surface area contributed by atoms with Crippen molar-refractivity contribution >= 4 is 0 Å². The predicted octanol–water partition coefficient (Wildman–Crippen LogP) is -1.49. The first-order chi connectivity index (χ1) is 7.70. The molecule has 6 nitrogen and oxygen atoms in total. The van der Waals surface area contributed by atoms with Gasteiger partial charge in [-0.25, -0.2) is 0 Å². The number of hydrogen-bond donors (Lipinski definition) is 4. The van der Waals surface area contributed by atoms with E-state index >= 15 is 0 Å². The molecule has 0 bridgehead atoms. The Hall–Kier alpha value is -0.240. The van der Waals surface area contributed by atoms with Gasteiger partial charge in [-0.1, -0.05) is 0 Å². The number of aliphatic hydroxyl groups excluding tert-OH is 4. The highest BCUT2D eigenvalue weighted by Crippen LogP contribution is 1.94. The molecule has 2 atom stereocenters. The van der Waals surface area contributed by atoms with Gasteiger partial charge >= 0.3 is 0 Å². The Balaban J connectivity index is 3.04. The van der Waals surface area contributed by atoms with Crippen LogP contribution in [0.25, 0.3) is 0 Å². The van der Waals surface area contributed by atoms with Gasteiger partial charge in [0.15, 0.2) is 0 Å². The topological polar surface area (TPSA) is 99.4 Å². The molecular weight excluding hydrogens is 216 g/mol. The molecule has 0 rings (SSSR count). The highest BCUT2D eigenvalue weighted by Gasteiger charge is 2.02. The maximum Gasteiger partial charge on any atom is 0.100 e. The van der Waals surface area contributed by atoms with E-state index < -0.39 is 12.2 Å². The average molecular weight is 238 g/mol. The Kier molecular flexibility index (Phi) is 11.1. The monoisotopic (exact) mass is 238 g/mol. The van der Waals surface area contributed by atoms with Crippen LogP contribution in [0.3, 0.4) is 0 Å². The van der Waals surface area contributed by atoms with E-state index in [0.717, 1.165) is 12.8 Å². The first-order valence-electron chi connectivity index (χ1n) is 5.44. The summed E-state index contributed by atoms with van der Waals surface area (Å²) in [5.41, 5.74) is 0. The standard InChI is InChI=1S/C10H22O6/c11-5-9(13)7-15-3-1-2-4-16-8-10(14)6-12/h9-14H,1-8H2. The summed E-state index contributed by atoms with van der Waals surface area (Å²) in [7, 11) is 0. The van der Waals surface area contributed by atoms with E-state index in [0.29, 0.717) is 13.2 Å². The van der Waals surface area contributed by atoms with Crippen molar-refractivity contribution < 1.29 is 29.9 Å². The lowest BCUT2D eigenvalue weighted by molar-refractivity contribution is -0.00480. The highest BCUT2D eigenvalue weighted by molar-refractivity contribution is 4.50. The largest absolute Gasteiger partial charge is 0.394 e. The summed E-state index contributed by atoms with van der Waals surface area (Å²) in [6, 6.07) is 0. The maximum absolute atomic E-state index is 8.94. The molecule has 98 valence electrons. The van der Waals surface area contributed by atoms with E-state index in [2.05, 4.69) is 0 Å². The fourth-order valence-corrected chi connectivity index (χ4v) is 0.952. The third-order valence-electron chi connectivity index (χ3n) is 1.87. The van der Waals surface area contributed by atoms with Gasteiger partial charge in [0.2, 0.25) is 0 Å². The molecule has 0 saturated carbocycles. The third-order valence-corrected chi connectivity index (χ3v) is 1.87. The molecule has 0 aromatic carbocycles. The lowest BCUT2D eigenvalue weighted by Crippen LogP contribution is -2.20. The van der Waals surface area contributed by atoms with Crippen LogP contribution in [0.5, 0.6) is 0 Å². The number of aliphatic hydroxyl groups is 4. The average Bonchev–Trinajstić information content (AvgIpc) is 2.31. The second kappa shape index (κ2) is 11.3. The van der Waals surface area contributed by atoms with Crippen molar-refractivity contribution in [3.63, 3.8) is 0 Å². The Bertz CT molecular complexity index is 127. The van der Waals surface area contributed by atoms with E-state index in [1.54, 1.807) is 0 Å². The van der Waals surface area contributed by atoms with Gasteiger partial charge in [0.1, 0.15) is 12.2 Å². The van der Waals surface area contributed by atoms with Gasteiger partial charge < -0.3 is 29.9 Å². The lowest BCUT2D eigenvalue weighted by Gasteiger charge is -2.09. The minimum atomic E-state index is -0.809. The zero-order chi connectivity index (χ0) is 12.2. The molecule has 4 N–H and O–H groups in total. The Morgan fingerprint density at radius 1 is 0.750 bits per heavy atom. The SMILES string of the molecule is OCC(O)COCCCCOCC(O)CO. The molecule has 0 heterocycles. The third kappa shape index (κ3) is 10.3. The minimum Gasteiger partial charge on any atom is -0.394 e. The molecule has 0 saturated heterocycles. The molecule has 0 radical (unpaired) electrons. The molecule has 16 heavy (non-hydrogen) atoms. The summed E-state index contributed by atoms with van der Waals surface area (Å²) < 4.78 is 10.2. The molecule has 0 amide bonds. The summed E-state index contributed by atoms with van der Waals surface area (Å²) in [4.78, 5) is 0. The van der Waals surface area contributed by atoms with Crippen molar-refractivity contribution in [2.24, 2.45) is 0 Å². The number of unbranched alkanes of at least 4 members (excludes halogenated alkanes) is 1. The smallest absolute Gasteiger partial charge is 0.100 e. The molecule has 0 aliphatic heterocycles. The number of hydrogen-bond acceptors (Lipinski definition) is 6. The minimum absolute atomic E-state index is 0.139. The van der Waals surface area contributed by atoms with E-state index in [1.807, 2.05) is 0 Å². The van der Waals surface area contributed by atoms with Crippen molar-refractivity contribution in [1.82, 2.24) is 0 Å². The van der Waals surface area contributed by atoms with Gasteiger partial charge in [0, 0.05) is 13.2 Å². The first-order valence-corrected chi connectivity index (χ1v) is 5.44. The van der Waals surface area contributed by atoms with Crippen molar-refractivity contribution in [3.05, 3.63) is 0 Å². The second-order valence-corrected chi connectivity index (χ2v) is 3.53. The van der Waals surface area contributed by atoms with Gasteiger partial charge in [-0.3, -0.25) is 0 Å². The fraction of sp³-hybridized carbons (Fsp3) is 1.00. The van der Waals surface area contributed by atoms with Crippen molar-refractivity contribution in [2.45, 2.75) is 25.0 Å². The zero-order valence-electron chi connectivity index (χ0n) is 9.42. The van der Waals surface area contributed by atoms with Crippen LogP contribution in [0.15, 0.2) is 0 Å². The van der Waals surface area contributed by atoms with E-state index in [4.69, 9.17) is 29.9 Å². The van der Waals surface area contributed by atoms with Gasteiger partial charge in [0.25, 0.3) is 0 Å². The van der Waals surface area contributed by atoms with Crippen LogP contribution in [0.4, 0.5) is 0 Å². The van der Waals surface area contributed by atoms with Gasteiger partial charge in [-0.15, -0.1) is 0 Å². The van der Waals surface area contributed by atoms with E-state index in [9.17, 15) is 0 Å². The quantitative estimate of drug-likeness (QED) is 0.327. The van der Waals surface area contributed by atoms with Crippen LogP contribution in [0.2, 0.25) is 0 Å². The van der Waals surface area contributed by atoms with Crippen molar-refractivity contribution in [1.29, 1.82) is 0 Å². The second-order valence-electron chi connectivity index (χ2n) is 3.53. The van der Waals surface area contributed by atoms with E-state index in [-0.39, 0.29) is 26.4 Å². The maximum atomic E-state index is 8.94. The first kappa shape index (κ1) is 15.8. The van der Waals surface area contributed by atoms with Crippen LogP contribution >= 0.6 is 0 Å². The van der Waals surface area contributed by atoms with Crippen molar-refractivity contribution in [2.75, 3.05) is 39.6 Å². The normalized spacial score (nSPS) is 15.0. The Morgan fingerprint density at radius 3 is 1.44 bits per heavy atom. The van der Waals surface area contributed by atoms with Crippen LogP contribution < -0.4 is 0 Å². The van der Waals surface area contributed by atoms with Gasteiger partial charge in [0.05, 0.1) is 26.4 Å². The summed E-state index contributed by atoms with van der Waals surface area (Å²) >= 11 is 0. The van der Waals surface area contributed by atoms with Gasteiger partial charge in [-0.05, 0) is 12.8 Å².